The lowest BCUT2D eigenvalue weighted by atomic mass is 10.1. The molecule has 1 unspecified atom stereocenters. The van der Waals surface area contributed by atoms with Crippen LogP contribution in [0.25, 0.3) is 21.9 Å². The van der Waals surface area contributed by atoms with Crippen LogP contribution in [0.4, 0.5) is 0 Å². The van der Waals surface area contributed by atoms with Crippen LogP contribution in [0, 0.1) is 6.92 Å². The number of carboxylic acid groups (broad SMARTS) is 1. The first-order valence-electron chi connectivity index (χ1n) is 9.01. The molecule has 0 saturated carbocycles. The normalized spacial score (nSPS) is 12.7. The fraction of sp³-hybridized carbons (Fsp3) is 0.238. The molecule has 7 nitrogen and oxygen atoms in total. The molecule has 0 aliphatic carbocycles. The molecule has 2 aromatic heterocycles. The zero-order chi connectivity index (χ0) is 20.0. The molecule has 4 rings (SSSR count). The number of aromatic nitrogens is 3. The van der Waals surface area contributed by atoms with Crippen molar-refractivity contribution in [3.8, 4) is 0 Å². The Kier molecular flexibility index (Phi) is 4.31. The van der Waals surface area contributed by atoms with Crippen molar-refractivity contribution in [2.45, 2.75) is 26.1 Å². The van der Waals surface area contributed by atoms with E-state index >= 15 is 0 Å². The van der Waals surface area contributed by atoms with Gasteiger partial charge in [0.05, 0.1) is 24.1 Å². The average molecular weight is 379 g/mol. The Labute approximate surface area is 160 Å². The van der Waals surface area contributed by atoms with Crippen molar-refractivity contribution < 1.29 is 15.0 Å². The van der Waals surface area contributed by atoms with Crippen molar-refractivity contribution in [1.82, 2.24) is 13.7 Å². The Hall–Kier alpha value is -3.32. The highest BCUT2D eigenvalue weighted by atomic mass is 16.4. The van der Waals surface area contributed by atoms with Gasteiger partial charge in [0.1, 0.15) is 0 Å². The summed E-state index contributed by atoms with van der Waals surface area (Å²) >= 11 is 0. The lowest BCUT2D eigenvalue weighted by molar-refractivity contribution is -0.147. The summed E-state index contributed by atoms with van der Waals surface area (Å²) in [6, 6.07) is 13.3. The van der Waals surface area contributed by atoms with Crippen LogP contribution in [0.5, 0.6) is 0 Å². The maximum Gasteiger partial charge on any atom is 0.334 e. The number of aliphatic hydroxyl groups excluding tert-OH is 1. The van der Waals surface area contributed by atoms with Gasteiger partial charge >= 0.3 is 11.7 Å². The van der Waals surface area contributed by atoms with E-state index in [1.54, 1.807) is 16.7 Å². The largest absolute Gasteiger partial charge is 0.479 e. The molecule has 0 amide bonds. The minimum absolute atomic E-state index is 0.295. The fourth-order valence-electron chi connectivity index (χ4n) is 3.87. The van der Waals surface area contributed by atoms with Crippen LogP contribution in [-0.4, -0.2) is 36.0 Å². The molecule has 2 N–H and O–H groups in total. The molecule has 0 fully saturated rings. The maximum absolute atomic E-state index is 13.1. The molecule has 1 atom stereocenters. The average Bonchev–Trinajstić information content (AvgIpc) is 3.12. The van der Waals surface area contributed by atoms with Crippen molar-refractivity contribution in [3.63, 3.8) is 0 Å². The van der Waals surface area contributed by atoms with Crippen LogP contribution in [0.3, 0.4) is 0 Å². The first kappa shape index (κ1) is 18.1. The van der Waals surface area contributed by atoms with E-state index < -0.39 is 12.1 Å². The van der Waals surface area contributed by atoms with E-state index in [9.17, 15) is 14.7 Å². The summed E-state index contributed by atoms with van der Waals surface area (Å²) in [5.41, 5.74) is 4.20. The van der Waals surface area contributed by atoms with Crippen molar-refractivity contribution in [2.24, 2.45) is 7.05 Å². The molecule has 2 heterocycles. The molecule has 144 valence electrons. The van der Waals surface area contributed by atoms with E-state index in [4.69, 9.17) is 5.11 Å². The molecule has 0 aliphatic rings. The van der Waals surface area contributed by atoms with Crippen LogP contribution in [0.1, 0.15) is 11.1 Å². The monoisotopic (exact) mass is 379 g/mol. The van der Waals surface area contributed by atoms with Crippen LogP contribution < -0.4 is 5.69 Å². The van der Waals surface area contributed by atoms with Gasteiger partial charge in [-0.15, -0.1) is 0 Å². The molecule has 28 heavy (non-hydrogen) atoms. The first-order chi connectivity index (χ1) is 13.4. The number of hydrogen-bond acceptors (Lipinski definition) is 3. The molecule has 0 saturated heterocycles. The number of rotatable bonds is 5. The summed E-state index contributed by atoms with van der Waals surface area (Å²) in [4.78, 5) is 24.2. The second-order valence-electron chi connectivity index (χ2n) is 7.06. The highest BCUT2D eigenvalue weighted by Crippen LogP contribution is 2.25. The molecular formula is C21H21N3O4. The molecule has 4 aromatic rings. The van der Waals surface area contributed by atoms with Crippen molar-refractivity contribution >= 4 is 27.9 Å². The number of imidazole rings is 1. The number of aliphatic hydroxyl groups is 1. The Morgan fingerprint density at radius 3 is 2.36 bits per heavy atom. The van der Waals surface area contributed by atoms with Crippen molar-refractivity contribution in [1.29, 1.82) is 0 Å². The van der Waals surface area contributed by atoms with Crippen molar-refractivity contribution in [2.75, 3.05) is 0 Å². The Morgan fingerprint density at radius 1 is 1.04 bits per heavy atom. The van der Waals surface area contributed by atoms with Crippen LogP contribution in [-0.2, 0) is 24.9 Å². The number of carboxylic acids is 1. The second-order valence-corrected chi connectivity index (χ2v) is 7.06. The molecule has 7 heteroatoms. The topological polar surface area (TPSA) is 89.4 Å². The fourth-order valence-corrected chi connectivity index (χ4v) is 3.87. The molecule has 2 aromatic carbocycles. The van der Waals surface area contributed by atoms with Gasteiger partial charge < -0.3 is 14.8 Å². The minimum atomic E-state index is -1.64. The van der Waals surface area contributed by atoms with Gasteiger partial charge in [0, 0.05) is 24.1 Å². The molecule has 0 spiro atoms. The van der Waals surface area contributed by atoms with Gasteiger partial charge in [-0.2, -0.15) is 0 Å². The van der Waals surface area contributed by atoms with Gasteiger partial charge in [-0.25, -0.2) is 9.59 Å². The smallest absolute Gasteiger partial charge is 0.334 e. The number of fused-ring (bicyclic) bond motifs is 2. The van der Waals surface area contributed by atoms with Crippen LogP contribution in [0.15, 0.2) is 53.5 Å². The van der Waals surface area contributed by atoms with Crippen LogP contribution in [0.2, 0.25) is 0 Å². The lowest BCUT2D eigenvalue weighted by Crippen LogP contribution is -2.32. The summed E-state index contributed by atoms with van der Waals surface area (Å²) in [5, 5.41) is 19.9. The Morgan fingerprint density at radius 2 is 1.68 bits per heavy atom. The number of hydrogen-bond donors (Lipinski definition) is 2. The minimum Gasteiger partial charge on any atom is -0.479 e. The standard InChI is InChI=1S/C21H21N3O4/c1-13-6-5-9-17-19(13)14(10-22(17)2)11-23-15-7-3-4-8-16(15)24(21(23)28)12-18(25)20(26)27/h3-10,18,25H,11-12H2,1-2H3,(H,26,27). The summed E-state index contributed by atoms with van der Waals surface area (Å²) in [7, 11) is 1.97. The van der Waals surface area contributed by atoms with Gasteiger partial charge in [0.15, 0.2) is 6.10 Å². The number of para-hydroxylation sites is 2. The van der Waals surface area contributed by atoms with Gasteiger partial charge in [0.2, 0.25) is 0 Å². The first-order valence-corrected chi connectivity index (χ1v) is 9.01. The van der Waals surface area contributed by atoms with E-state index in [1.165, 1.54) is 4.57 Å². The van der Waals surface area contributed by atoms with Gasteiger partial charge in [0.25, 0.3) is 0 Å². The lowest BCUT2D eigenvalue weighted by Gasteiger charge is -2.06. The maximum atomic E-state index is 13.1. The predicted octanol–water partition coefficient (Wildman–Crippen LogP) is 2.10. The molecular weight excluding hydrogens is 358 g/mol. The number of benzene rings is 2. The van der Waals surface area contributed by atoms with Crippen LogP contribution >= 0.6 is 0 Å². The molecule has 0 radical (unpaired) electrons. The zero-order valence-electron chi connectivity index (χ0n) is 15.7. The van der Waals surface area contributed by atoms with Gasteiger partial charge in [-0.05, 0) is 36.2 Å². The quantitative estimate of drug-likeness (QED) is 0.556. The van der Waals surface area contributed by atoms with E-state index in [0.29, 0.717) is 17.6 Å². The van der Waals surface area contributed by atoms with E-state index in [0.717, 1.165) is 22.0 Å². The highest BCUT2D eigenvalue weighted by molar-refractivity contribution is 5.87. The number of carbonyl (C=O) groups is 1. The Bertz CT molecular complexity index is 1260. The SMILES string of the molecule is Cc1cccc2c1c(Cn1c(=O)n(CC(O)C(=O)O)c3ccccc31)cn2C. The zero-order valence-corrected chi connectivity index (χ0v) is 15.7. The second kappa shape index (κ2) is 6.69. The summed E-state index contributed by atoms with van der Waals surface area (Å²) in [5.74, 6) is -1.35. The highest BCUT2D eigenvalue weighted by Gasteiger charge is 2.20. The summed E-state index contributed by atoms with van der Waals surface area (Å²) in [6.45, 7) is 2.11. The third-order valence-corrected chi connectivity index (χ3v) is 5.20. The molecule has 0 aliphatic heterocycles. The number of aryl methyl sites for hydroxylation is 2. The summed E-state index contributed by atoms with van der Waals surface area (Å²) < 4.78 is 4.99. The van der Waals surface area contributed by atoms with E-state index in [-0.39, 0.29) is 12.2 Å². The van der Waals surface area contributed by atoms with Gasteiger partial charge in [-0.1, -0.05) is 24.3 Å². The van der Waals surface area contributed by atoms with Gasteiger partial charge in [-0.3, -0.25) is 9.13 Å². The predicted molar refractivity (Wildman–Crippen MR) is 107 cm³/mol. The number of nitrogens with zero attached hydrogens (tertiary/aromatic N) is 3. The third kappa shape index (κ3) is 2.80. The summed E-state index contributed by atoms with van der Waals surface area (Å²) in [6.07, 6.45) is 0.374. The van der Waals surface area contributed by atoms with E-state index in [2.05, 4.69) is 0 Å². The third-order valence-electron chi connectivity index (χ3n) is 5.20. The molecule has 0 bridgehead atoms. The number of aliphatic carboxylic acids is 1. The van der Waals surface area contributed by atoms with Crippen molar-refractivity contribution in [3.05, 3.63) is 70.3 Å². The van der Waals surface area contributed by atoms with E-state index in [1.807, 2.05) is 55.1 Å². The Balaban J connectivity index is 1.88.